The quantitative estimate of drug-likeness (QED) is 0.832. The van der Waals surface area contributed by atoms with Crippen LogP contribution in [0, 0.1) is 0 Å². The molecule has 0 saturated carbocycles. The van der Waals surface area contributed by atoms with Gasteiger partial charge in [0.1, 0.15) is 0 Å². The smallest absolute Gasteiger partial charge is 0.164 e. The van der Waals surface area contributed by atoms with E-state index in [2.05, 4.69) is 17.0 Å². The van der Waals surface area contributed by atoms with Crippen molar-refractivity contribution >= 4 is 6.08 Å². The lowest BCUT2D eigenvalue weighted by Crippen LogP contribution is -2.20. The fourth-order valence-electron chi connectivity index (χ4n) is 3.16. The highest BCUT2D eigenvalue weighted by Gasteiger charge is 2.22. The first kappa shape index (κ1) is 12.4. The molecule has 3 heteroatoms. The Bertz CT molecular complexity index is 502. The first-order valence-electron chi connectivity index (χ1n) is 7.03. The molecule has 1 aromatic rings. The van der Waals surface area contributed by atoms with E-state index in [0.29, 0.717) is 0 Å². The molecule has 0 atom stereocenters. The summed E-state index contributed by atoms with van der Waals surface area (Å²) >= 11 is 0. The molecule has 1 aliphatic carbocycles. The summed E-state index contributed by atoms with van der Waals surface area (Å²) in [4.78, 5) is 2.53. The number of fused-ring (bicyclic) bond motifs is 1. The molecule has 0 aromatic heterocycles. The van der Waals surface area contributed by atoms with Crippen molar-refractivity contribution in [3.8, 4) is 11.5 Å². The standard InChI is InChI=1S/C16H21NO2/c1-18-15-8-5-12-11-13(17-9-3-4-10-17)6-7-14(12)16(15)19-2/h5,8,11H,3-4,6-7,9-10H2,1-2H3. The van der Waals surface area contributed by atoms with E-state index in [-0.39, 0.29) is 0 Å². The van der Waals surface area contributed by atoms with Crippen LogP contribution in [0.3, 0.4) is 0 Å². The molecular formula is C16H21NO2. The highest BCUT2D eigenvalue weighted by Crippen LogP contribution is 2.39. The summed E-state index contributed by atoms with van der Waals surface area (Å²) < 4.78 is 10.9. The van der Waals surface area contributed by atoms with Crippen molar-refractivity contribution in [2.45, 2.75) is 25.7 Å². The fraction of sp³-hybridized carbons (Fsp3) is 0.500. The Labute approximate surface area is 114 Å². The van der Waals surface area contributed by atoms with Crippen molar-refractivity contribution in [2.24, 2.45) is 0 Å². The van der Waals surface area contributed by atoms with Gasteiger partial charge in [-0.3, -0.25) is 0 Å². The Morgan fingerprint density at radius 1 is 1.00 bits per heavy atom. The number of allylic oxidation sites excluding steroid dienone is 1. The van der Waals surface area contributed by atoms with Crippen LogP contribution in [-0.4, -0.2) is 32.2 Å². The highest BCUT2D eigenvalue weighted by atomic mass is 16.5. The molecule has 1 aromatic carbocycles. The van der Waals surface area contributed by atoms with Crippen LogP contribution in [-0.2, 0) is 6.42 Å². The predicted molar refractivity (Wildman–Crippen MR) is 76.7 cm³/mol. The van der Waals surface area contributed by atoms with Gasteiger partial charge in [0.2, 0.25) is 0 Å². The molecule has 1 saturated heterocycles. The van der Waals surface area contributed by atoms with Crippen LogP contribution < -0.4 is 9.47 Å². The van der Waals surface area contributed by atoms with Crippen LogP contribution in [0.15, 0.2) is 17.8 Å². The second-order valence-electron chi connectivity index (χ2n) is 5.20. The second-order valence-corrected chi connectivity index (χ2v) is 5.20. The molecule has 3 rings (SSSR count). The van der Waals surface area contributed by atoms with E-state index in [4.69, 9.17) is 9.47 Å². The summed E-state index contributed by atoms with van der Waals surface area (Å²) in [6.45, 7) is 2.43. The first-order valence-corrected chi connectivity index (χ1v) is 7.03. The van der Waals surface area contributed by atoms with E-state index in [0.717, 1.165) is 24.3 Å². The molecular weight excluding hydrogens is 238 g/mol. The monoisotopic (exact) mass is 259 g/mol. The SMILES string of the molecule is COc1ccc2c(c1OC)CCC(N1CCCC1)=C2. The van der Waals surface area contributed by atoms with Gasteiger partial charge in [-0.2, -0.15) is 0 Å². The third kappa shape index (κ3) is 2.18. The summed E-state index contributed by atoms with van der Waals surface area (Å²) in [7, 11) is 3.41. The molecule has 1 fully saturated rings. The highest BCUT2D eigenvalue weighted by molar-refractivity contribution is 5.66. The lowest BCUT2D eigenvalue weighted by atomic mass is 9.93. The van der Waals surface area contributed by atoms with Gasteiger partial charge < -0.3 is 14.4 Å². The number of nitrogens with zero attached hydrogens (tertiary/aromatic N) is 1. The molecule has 3 nitrogen and oxygen atoms in total. The maximum Gasteiger partial charge on any atom is 0.164 e. The molecule has 0 spiro atoms. The molecule has 0 N–H and O–H groups in total. The Balaban J connectivity index is 1.97. The Morgan fingerprint density at radius 3 is 2.47 bits per heavy atom. The van der Waals surface area contributed by atoms with Crippen molar-refractivity contribution in [1.82, 2.24) is 4.90 Å². The molecule has 0 amide bonds. The van der Waals surface area contributed by atoms with E-state index < -0.39 is 0 Å². The van der Waals surface area contributed by atoms with E-state index in [9.17, 15) is 0 Å². The van der Waals surface area contributed by atoms with Crippen molar-refractivity contribution < 1.29 is 9.47 Å². The minimum atomic E-state index is 0.833. The van der Waals surface area contributed by atoms with E-state index >= 15 is 0 Å². The first-order chi connectivity index (χ1) is 9.33. The van der Waals surface area contributed by atoms with Crippen LogP contribution in [0.25, 0.3) is 6.08 Å². The summed E-state index contributed by atoms with van der Waals surface area (Å²) in [5, 5.41) is 0. The van der Waals surface area contributed by atoms with E-state index in [1.807, 2.05) is 6.07 Å². The van der Waals surface area contributed by atoms with Crippen LogP contribution in [0.4, 0.5) is 0 Å². The lowest BCUT2D eigenvalue weighted by Gasteiger charge is -2.27. The molecule has 0 radical (unpaired) electrons. The van der Waals surface area contributed by atoms with Gasteiger partial charge in [0, 0.05) is 24.4 Å². The Morgan fingerprint density at radius 2 is 1.79 bits per heavy atom. The van der Waals surface area contributed by atoms with Crippen LogP contribution >= 0.6 is 0 Å². The van der Waals surface area contributed by atoms with E-state index in [1.54, 1.807) is 14.2 Å². The third-order valence-corrected chi connectivity index (χ3v) is 4.15. The predicted octanol–water partition coefficient (Wildman–Crippen LogP) is 3.09. The van der Waals surface area contributed by atoms with Crippen molar-refractivity contribution in [1.29, 1.82) is 0 Å². The van der Waals surface area contributed by atoms with Gasteiger partial charge in [0.05, 0.1) is 14.2 Å². The molecule has 1 heterocycles. The molecule has 102 valence electrons. The van der Waals surface area contributed by atoms with Gasteiger partial charge in [0.15, 0.2) is 11.5 Å². The summed E-state index contributed by atoms with van der Waals surface area (Å²) in [5.74, 6) is 1.73. The second kappa shape index (κ2) is 5.16. The largest absolute Gasteiger partial charge is 0.493 e. The van der Waals surface area contributed by atoms with Crippen molar-refractivity contribution in [3.05, 3.63) is 29.0 Å². The summed E-state index contributed by atoms with van der Waals surface area (Å²) in [6.07, 6.45) is 7.13. The number of rotatable bonds is 3. The molecule has 19 heavy (non-hydrogen) atoms. The Kier molecular flexibility index (Phi) is 3.36. The number of hydrogen-bond donors (Lipinski definition) is 0. The van der Waals surface area contributed by atoms with Gasteiger partial charge in [-0.15, -0.1) is 0 Å². The van der Waals surface area contributed by atoms with E-state index in [1.165, 1.54) is 42.8 Å². The van der Waals surface area contributed by atoms with Crippen LogP contribution in [0.1, 0.15) is 30.4 Å². The maximum absolute atomic E-state index is 5.53. The minimum absolute atomic E-state index is 0.833. The Hall–Kier alpha value is -1.64. The van der Waals surface area contributed by atoms with Gasteiger partial charge in [-0.1, -0.05) is 6.07 Å². The summed E-state index contributed by atoms with van der Waals surface area (Å²) in [6, 6.07) is 4.15. The third-order valence-electron chi connectivity index (χ3n) is 4.15. The van der Waals surface area contributed by atoms with Crippen LogP contribution in [0.5, 0.6) is 11.5 Å². The zero-order chi connectivity index (χ0) is 13.2. The van der Waals surface area contributed by atoms with Crippen molar-refractivity contribution in [2.75, 3.05) is 27.3 Å². The average Bonchev–Trinajstić information content (AvgIpc) is 2.99. The van der Waals surface area contributed by atoms with Crippen LogP contribution in [0.2, 0.25) is 0 Å². The molecule has 2 aliphatic rings. The van der Waals surface area contributed by atoms with Gasteiger partial charge in [0.25, 0.3) is 0 Å². The van der Waals surface area contributed by atoms with Crippen molar-refractivity contribution in [3.63, 3.8) is 0 Å². The minimum Gasteiger partial charge on any atom is -0.493 e. The maximum atomic E-state index is 5.53. The van der Waals surface area contributed by atoms with Gasteiger partial charge in [-0.25, -0.2) is 0 Å². The molecule has 0 bridgehead atoms. The number of ether oxygens (including phenoxy) is 2. The lowest BCUT2D eigenvalue weighted by molar-refractivity contribution is 0.350. The zero-order valence-corrected chi connectivity index (χ0v) is 11.7. The zero-order valence-electron chi connectivity index (χ0n) is 11.7. The van der Waals surface area contributed by atoms with Gasteiger partial charge >= 0.3 is 0 Å². The average molecular weight is 259 g/mol. The molecule has 1 aliphatic heterocycles. The molecule has 0 unspecified atom stereocenters. The topological polar surface area (TPSA) is 21.7 Å². The number of methoxy groups -OCH3 is 2. The number of benzene rings is 1. The van der Waals surface area contributed by atoms with Gasteiger partial charge in [-0.05, 0) is 43.4 Å². The normalized spacial score (nSPS) is 18.0. The number of hydrogen-bond acceptors (Lipinski definition) is 3. The fourth-order valence-corrected chi connectivity index (χ4v) is 3.16. The number of likely N-dealkylation sites (tertiary alicyclic amines) is 1. The summed E-state index contributed by atoms with van der Waals surface area (Å²) in [5.41, 5.74) is 4.05.